The van der Waals surface area contributed by atoms with Crippen molar-refractivity contribution in [2.75, 3.05) is 5.32 Å². The molecule has 2 bridgehead atoms. The molecule has 2 aliphatic heterocycles. The number of H-pyrrole nitrogens is 1. The van der Waals surface area contributed by atoms with Crippen LogP contribution in [0.2, 0.25) is 0 Å². The van der Waals surface area contributed by atoms with E-state index in [0.29, 0.717) is 19.3 Å². The summed E-state index contributed by atoms with van der Waals surface area (Å²) in [6, 6.07) is 6.04. The number of nitrogens with zero attached hydrogens (tertiary/aromatic N) is 2. The Bertz CT molecular complexity index is 950. The Morgan fingerprint density at radius 2 is 1.96 bits per heavy atom. The van der Waals surface area contributed by atoms with Gasteiger partial charge < -0.3 is 15.2 Å². The molecule has 0 radical (unpaired) electrons. The van der Waals surface area contributed by atoms with Crippen LogP contribution in [0.3, 0.4) is 0 Å². The van der Waals surface area contributed by atoms with Gasteiger partial charge in [-0.05, 0) is 49.9 Å². The van der Waals surface area contributed by atoms with E-state index in [-0.39, 0.29) is 23.7 Å². The average molecular weight is 366 g/mol. The molecule has 2 atom stereocenters. The van der Waals surface area contributed by atoms with Crippen LogP contribution in [0.5, 0.6) is 0 Å². The largest absolute Gasteiger partial charge is 0.322 e. The van der Waals surface area contributed by atoms with Gasteiger partial charge in [0.15, 0.2) is 0 Å². The van der Waals surface area contributed by atoms with Gasteiger partial charge >= 0.3 is 6.03 Å². The van der Waals surface area contributed by atoms with Crippen molar-refractivity contribution in [1.82, 2.24) is 14.9 Å². The number of benzene rings is 1. The van der Waals surface area contributed by atoms with E-state index in [4.69, 9.17) is 0 Å². The van der Waals surface area contributed by atoms with Gasteiger partial charge in [0.05, 0.1) is 5.69 Å². The number of nitrogens with one attached hydrogen (secondary N) is 2. The highest BCUT2D eigenvalue weighted by molar-refractivity contribution is 5.90. The quantitative estimate of drug-likeness (QED) is 0.857. The second-order valence-corrected chi connectivity index (χ2v) is 7.72. The molecule has 142 valence electrons. The number of hydrogen-bond donors (Lipinski definition) is 2. The topological polar surface area (TPSA) is 78.1 Å². The minimum atomic E-state index is -0.0781. The summed E-state index contributed by atoms with van der Waals surface area (Å²) in [7, 11) is 0. The average Bonchev–Trinajstić information content (AvgIpc) is 2.93. The second kappa shape index (κ2) is 6.83. The molecule has 0 spiro atoms. The van der Waals surface area contributed by atoms with Gasteiger partial charge in [0.1, 0.15) is 5.82 Å². The standard InChI is InChI=1S/C21H26N4O2/c1-4-19-23-18-11-16-8-7-15(10-17(18)20(26)24-19)25(16)21(27)22-14-6-5-12(2)13(3)9-14/h5-6,9,15-16H,4,7-8,10-11H2,1-3H3,(H,22,27)(H,23,24,26). The molecule has 1 aromatic carbocycles. The number of carbonyl (C=O) groups excluding carboxylic acids is 1. The van der Waals surface area contributed by atoms with Gasteiger partial charge in [-0.25, -0.2) is 9.78 Å². The Morgan fingerprint density at radius 3 is 2.67 bits per heavy atom. The monoisotopic (exact) mass is 366 g/mol. The van der Waals surface area contributed by atoms with Crippen LogP contribution in [0.15, 0.2) is 23.0 Å². The lowest BCUT2D eigenvalue weighted by Gasteiger charge is -2.28. The van der Waals surface area contributed by atoms with Crippen molar-refractivity contribution in [2.45, 2.75) is 65.0 Å². The molecule has 6 nitrogen and oxygen atoms in total. The van der Waals surface area contributed by atoms with E-state index in [2.05, 4.69) is 22.2 Å². The van der Waals surface area contributed by atoms with Crippen LogP contribution in [-0.2, 0) is 19.3 Å². The molecule has 2 N–H and O–H groups in total. The summed E-state index contributed by atoms with van der Waals surface area (Å²) in [6.07, 6.45) is 3.83. The maximum absolute atomic E-state index is 13.0. The first-order chi connectivity index (χ1) is 13.0. The van der Waals surface area contributed by atoms with Crippen LogP contribution >= 0.6 is 0 Å². The third-order valence-electron chi connectivity index (χ3n) is 5.97. The van der Waals surface area contributed by atoms with E-state index in [0.717, 1.165) is 41.2 Å². The first-order valence-electron chi connectivity index (χ1n) is 9.73. The van der Waals surface area contributed by atoms with Gasteiger partial charge in [-0.15, -0.1) is 0 Å². The summed E-state index contributed by atoms with van der Waals surface area (Å²) in [4.78, 5) is 35.0. The van der Waals surface area contributed by atoms with Gasteiger partial charge in [0, 0.05) is 42.6 Å². The van der Waals surface area contributed by atoms with Gasteiger partial charge in [0.25, 0.3) is 5.56 Å². The molecule has 2 aliphatic rings. The number of carbonyl (C=O) groups is 1. The molecule has 0 saturated carbocycles. The predicted molar refractivity (Wildman–Crippen MR) is 105 cm³/mol. The number of aryl methyl sites for hydroxylation is 3. The molecule has 1 fully saturated rings. The third kappa shape index (κ3) is 3.24. The number of aromatic nitrogens is 2. The number of fused-ring (bicyclic) bond motifs is 3. The van der Waals surface area contributed by atoms with Crippen LogP contribution < -0.4 is 10.9 Å². The third-order valence-corrected chi connectivity index (χ3v) is 5.97. The van der Waals surface area contributed by atoms with Crippen molar-refractivity contribution in [3.05, 3.63) is 56.8 Å². The first kappa shape index (κ1) is 17.8. The zero-order valence-electron chi connectivity index (χ0n) is 16.1. The van der Waals surface area contributed by atoms with Crippen molar-refractivity contribution in [3.8, 4) is 0 Å². The van der Waals surface area contributed by atoms with Crippen LogP contribution in [0, 0.1) is 13.8 Å². The molecule has 2 amide bonds. The first-order valence-corrected chi connectivity index (χ1v) is 9.73. The Balaban J connectivity index is 1.60. The summed E-state index contributed by atoms with van der Waals surface area (Å²) in [5.74, 6) is 0.725. The fourth-order valence-electron chi connectivity index (χ4n) is 4.30. The smallest absolute Gasteiger partial charge is 0.318 e. The fourth-order valence-corrected chi connectivity index (χ4v) is 4.30. The van der Waals surface area contributed by atoms with E-state index in [9.17, 15) is 9.59 Å². The maximum atomic E-state index is 13.0. The fraction of sp³-hybridized carbons (Fsp3) is 0.476. The number of urea groups is 1. The highest BCUT2D eigenvalue weighted by Gasteiger charge is 2.41. The van der Waals surface area contributed by atoms with E-state index in [1.807, 2.05) is 36.9 Å². The summed E-state index contributed by atoms with van der Waals surface area (Å²) < 4.78 is 0. The molecule has 0 aliphatic carbocycles. The highest BCUT2D eigenvalue weighted by atomic mass is 16.2. The molecule has 2 aromatic rings. The maximum Gasteiger partial charge on any atom is 0.322 e. The Labute approximate surface area is 159 Å². The molecule has 3 heterocycles. The van der Waals surface area contributed by atoms with Crippen molar-refractivity contribution in [1.29, 1.82) is 0 Å². The number of hydrogen-bond acceptors (Lipinski definition) is 3. The summed E-state index contributed by atoms with van der Waals surface area (Å²) in [5.41, 5.74) is 4.75. The minimum absolute atomic E-state index is 0.0427. The molecule has 27 heavy (non-hydrogen) atoms. The van der Waals surface area contributed by atoms with E-state index in [1.54, 1.807) is 0 Å². The van der Waals surface area contributed by atoms with Crippen LogP contribution in [-0.4, -0.2) is 33.0 Å². The molecule has 4 rings (SSSR count). The number of rotatable bonds is 2. The normalized spacial score (nSPS) is 20.9. The lowest BCUT2D eigenvalue weighted by Crippen LogP contribution is -2.44. The predicted octanol–water partition coefficient (Wildman–Crippen LogP) is 3.11. The van der Waals surface area contributed by atoms with Crippen molar-refractivity contribution in [2.24, 2.45) is 0 Å². The molecule has 6 heteroatoms. The zero-order valence-corrected chi connectivity index (χ0v) is 16.1. The van der Waals surface area contributed by atoms with Crippen LogP contribution in [0.1, 0.15) is 48.0 Å². The lowest BCUT2D eigenvalue weighted by molar-refractivity contribution is 0.187. The highest BCUT2D eigenvalue weighted by Crippen LogP contribution is 2.33. The molecule has 1 saturated heterocycles. The number of amides is 2. The van der Waals surface area contributed by atoms with Gasteiger partial charge in [-0.3, -0.25) is 4.79 Å². The molecule has 1 aromatic heterocycles. The van der Waals surface area contributed by atoms with Gasteiger partial charge in [0.2, 0.25) is 0 Å². The van der Waals surface area contributed by atoms with Gasteiger partial charge in [-0.2, -0.15) is 0 Å². The van der Waals surface area contributed by atoms with Crippen molar-refractivity contribution in [3.63, 3.8) is 0 Å². The Hall–Kier alpha value is -2.63. The zero-order chi connectivity index (χ0) is 19.1. The summed E-state index contributed by atoms with van der Waals surface area (Å²) in [6.45, 7) is 6.08. The molecule has 2 unspecified atom stereocenters. The van der Waals surface area contributed by atoms with Crippen LogP contribution in [0.25, 0.3) is 0 Å². The van der Waals surface area contributed by atoms with E-state index in [1.165, 1.54) is 5.56 Å². The number of aromatic amines is 1. The van der Waals surface area contributed by atoms with Gasteiger partial charge in [-0.1, -0.05) is 13.0 Å². The van der Waals surface area contributed by atoms with Crippen molar-refractivity contribution < 1.29 is 4.79 Å². The Kier molecular flexibility index (Phi) is 4.50. The van der Waals surface area contributed by atoms with E-state index >= 15 is 0 Å². The lowest BCUT2D eigenvalue weighted by atomic mass is 9.98. The summed E-state index contributed by atoms with van der Waals surface area (Å²) in [5, 5.41) is 3.05. The SMILES string of the molecule is CCc1nc2c(c(=O)[nH]1)CC1CCC(C2)N1C(=O)Nc1ccc(C)c(C)c1. The summed E-state index contributed by atoms with van der Waals surface area (Å²) >= 11 is 0. The van der Waals surface area contributed by atoms with Crippen molar-refractivity contribution >= 4 is 11.7 Å². The molecular weight excluding hydrogens is 340 g/mol. The van der Waals surface area contributed by atoms with E-state index < -0.39 is 0 Å². The van der Waals surface area contributed by atoms with Crippen LogP contribution in [0.4, 0.5) is 10.5 Å². The number of anilines is 1. The Morgan fingerprint density at radius 1 is 1.22 bits per heavy atom. The minimum Gasteiger partial charge on any atom is -0.318 e. The second-order valence-electron chi connectivity index (χ2n) is 7.72. The molecular formula is C21H26N4O2.